The van der Waals surface area contributed by atoms with Crippen molar-refractivity contribution in [1.82, 2.24) is 4.98 Å². The van der Waals surface area contributed by atoms with Crippen LogP contribution in [0.5, 0.6) is 0 Å². The van der Waals surface area contributed by atoms with Crippen LogP contribution >= 0.6 is 0 Å². The van der Waals surface area contributed by atoms with Crippen LogP contribution < -0.4 is 10.6 Å². The maximum Gasteiger partial charge on any atom is 0.357 e. The van der Waals surface area contributed by atoms with E-state index in [9.17, 15) is 19.2 Å². The summed E-state index contributed by atoms with van der Waals surface area (Å²) in [5.41, 5.74) is 2.71. The van der Waals surface area contributed by atoms with Crippen molar-refractivity contribution >= 4 is 35.1 Å². The molecular weight excluding hydrogens is 462 g/mol. The van der Waals surface area contributed by atoms with Gasteiger partial charge in [0, 0.05) is 11.4 Å². The molecule has 0 aliphatic heterocycles. The number of hydrogen-bond acceptors (Lipinski definition) is 7. The van der Waals surface area contributed by atoms with Crippen LogP contribution in [0, 0.1) is 13.8 Å². The number of nitrogens with one attached hydrogen (secondary N) is 2. The van der Waals surface area contributed by atoms with E-state index in [2.05, 4.69) is 15.6 Å². The van der Waals surface area contributed by atoms with Crippen molar-refractivity contribution in [3.8, 4) is 0 Å². The van der Waals surface area contributed by atoms with Gasteiger partial charge in [0.1, 0.15) is 11.4 Å². The highest BCUT2D eigenvalue weighted by atomic mass is 16.6. The Kier molecular flexibility index (Phi) is 8.51. The van der Waals surface area contributed by atoms with Crippen LogP contribution in [-0.2, 0) is 19.1 Å². The largest absolute Gasteiger partial charge is 0.448 e. The van der Waals surface area contributed by atoms with Gasteiger partial charge in [-0.05, 0) is 75.2 Å². The van der Waals surface area contributed by atoms with Gasteiger partial charge < -0.3 is 20.1 Å². The minimum Gasteiger partial charge on any atom is -0.448 e. The topological polar surface area (TPSA) is 124 Å². The van der Waals surface area contributed by atoms with E-state index in [1.807, 2.05) is 26.0 Å². The summed E-state index contributed by atoms with van der Waals surface area (Å²) in [5.74, 6) is -2.81. The molecule has 1 aromatic heterocycles. The molecule has 0 aliphatic rings. The number of rotatable bonds is 8. The summed E-state index contributed by atoms with van der Waals surface area (Å²) < 4.78 is 10.4. The summed E-state index contributed by atoms with van der Waals surface area (Å²) in [5, 5.41) is 5.35. The zero-order valence-corrected chi connectivity index (χ0v) is 20.4. The van der Waals surface area contributed by atoms with E-state index in [4.69, 9.17) is 9.47 Å². The lowest BCUT2D eigenvalue weighted by molar-refractivity contribution is -0.124. The smallest absolute Gasteiger partial charge is 0.357 e. The summed E-state index contributed by atoms with van der Waals surface area (Å²) in [7, 11) is 0. The molecule has 0 saturated carbocycles. The molecule has 1 heterocycles. The first-order chi connectivity index (χ1) is 17.1. The molecule has 0 saturated heterocycles. The Labute approximate surface area is 208 Å². The van der Waals surface area contributed by atoms with E-state index in [-0.39, 0.29) is 11.4 Å². The summed E-state index contributed by atoms with van der Waals surface area (Å²) in [6.07, 6.45) is -2.22. The number of aromatic nitrogens is 1. The van der Waals surface area contributed by atoms with Crippen molar-refractivity contribution in [3.05, 3.63) is 89.2 Å². The van der Waals surface area contributed by atoms with Gasteiger partial charge in [0.05, 0.1) is 0 Å². The van der Waals surface area contributed by atoms with E-state index >= 15 is 0 Å². The quantitative estimate of drug-likeness (QED) is 0.457. The molecule has 2 atom stereocenters. The van der Waals surface area contributed by atoms with Crippen LogP contribution in [0.15, 0.2) is 66.7 Å². The minimum absolute atomic E-state index is 0.184. The third-order valence-corrected chi connectivity index (χ3v) is 5.04. The molecule has 2 unspecified atom stereocenters. The van der Waals surface area contributed by atoms with Crippen molar-refractivity contribution in [2.75, 3.05) is 10.6 Å². The highest BCUT2D eigenvalue weighted by Crippen LogP contribution is 2.13. The Hall–Kier alpha value is -4.53. The van der Waals surface area contributed by atoms with E-state index in [0.717, 1.165) is 11.1 Å². The van der Waals surface area contributed by atoms with Gasteiger partial charge in [0.15, 0.2) is 12.2 Å². The number of esters is 2. The number of carbonyl (C=O) groups is 4. The summed E-state index contributed by atoms with van der Waals surface area (Å²) in [6.45, 7) is 6.63. The molecule has 0 fully saturated rings. The van der Waals surface area contributed by atoms with Gasteiger partial charge in [-0.25, -0.2) is 14.6 Å². The van der Waals surface area contributed by atoms with E-state index in [0.29, 0.717) is 11.4 Å². The standard InChI is InChI=1S/C27H27N3O6/c1-16-8-5-10-20(14-16)28-24(31)18(3)35-26(33)22-12-7-13-23(30-22)27(34)36-19(4)25(32)29-21-11-6-9-17(2)15-21/h5-15,18-19H,1-4H3,(H,28,31)(H,29,32). The highest BCUT2D eigenvalue weighted by molar-refractivity contribution is 5.98. The van der Waals surface area contributed by atoms with Gasteiger partial charge >= 0.3 is 11.9 Å². The molecule has 3 rings (SSSR count). The SMILES string of the molecule is Cc1cccc(NC(=O)C(C)OC(=O)c2cccc(C(=O)OC(C)C(=O)Nc3cccc(C)c3)n2)c1. The number of pyridine rings is 1. The predicted octanol–water partition coefficient (Wildman–Crippen LogP) is 4.07. The van der Waals surface area contributed by atoms with E-state index in [1.165, 1.54) is 32.0 Å². The third kappa shape index (κ3) is 7.23. The molecule has 9 nitrogen and oxygen atoms in total. The molecular formula is C27H27N3O6. The first kappa shape index (κ1) is 26.1. The number of carbonyl (C=O) groups excluding carboxylic acids is 4. The first-order valence-electron chi connectivity index (χ1n) is 11.3. The zero-order chi connectivity index (χ0) is 26.2. The van der Waals surface area contributed by atoms with Gasteiger partial charge in [-0.15, -0.1) is 0 Å². The zero-order valence-electron chi connectivity index (χ0n) is 20.4. The van der Waals surface area contributed by atoms with Gasteiger partial charge in [-0.2, -0.15) is 0 Å². The van der Waals surface area contributed by atoms with Gasteiger partial charge in [0.2, 0.25) is 0 Å². The summed E-state index contributed by atoms with van der Waals surface area (Å²) in [6, 6.07) is 18.5. The number of benzene rings is 2. The van der Waals surface area contributed by atoms with Crippen molar-refractivity contribution < 1.29 is 28.7 Å². The van der Waals surface area contributed by atoms with E-state index in [1.54, 1.807) is 36.4 Å². The Morgan fingerprint density at radius 2 is 1.06 bits per heavy atom. The fourth-order valence-corrected chi connectivity index (χ4v) is 3.14. The lowest BCUT2D eigenvalue weighted by Crippen LogP contribution is -2.31. The molecule has 9 heteroatoms. The van der Waals surface area contributed by atoms with Gasteiger partial charge in [-0.3, -0.25) is 9.59 Å². The van der Waals surface area contributed by atoms with Gasteiger partial charge in [0.25, 0.3) is 11.8 Å². The van der Waals surface area contributed by atoms with Crippen molar-refractivity contribution in [1.29, 1.82) is 0 Å². The lowest BCUT2D eigenvalue weighted by atomic mass is 10.2. The van der Waals surface area contributed by atoms with Crippen LogP contribution in [0.1, 0.15) is 46.0 Å². The Bertz CT molecular complexity index is 1200. The van der Waals surface area contributed by atoms with Crippen LogP contribution in [-0.4, -0.2) is 40.9 Å². The monoisotopic (exact) mass is 489 g/mol. The molecule has 2 amide bonds. The fourth-order valence-electron chi connectivity index (χ4n) is 3.14. The average Bonchev–Trinajstić information content (AvgIpc) is 2.84. The summed E-state index contributed by atoms with van der Waals surface area (Å²) in [4.78, 5) is 53.8. The number of anilines is 2. The van der Waals surface area contributed by atoms with Crippen molar-refractivity contribution in [2.24, 2.45) is 0 Å². The first-order valence-corrected chi connectivity index (χ1v) is 11.3. The average molecular weight is 490 g/mol. The van der Waals surface area contributed by atoms with Crippen LogP contribution in [0.3, 0.4) is 0 Å². The predicted molar refractivity (Wildman–Crippen MR) is 134 cm³/mol. The Morgan fingerprint density at radius 1 is 0.667 bits per heavy atom. The van der Waals surface area contributed by atoms with Crippen LogP contribution in [0.2, 0.25) is 0 Å². The fraction of sp³-hybridized carbons (Fsp3) is 0.222. The number of ether oxygens (including phenoxy) is 2. The Balaban J connectivity index is 1.58. The normalized spacial score (nSPS) is 12.1. The molecule has 2 N–H and O–H groups in total. The number of hydrogen-bond donors (Lipinski definition) is 2. The number of amides is 2. The second kappa shape index (κ2) is 11.7. The van der Waals surface area contributed by atoms with E-state index < -0.39 is 36.0 Å². The maximum atomic E-state index is 12.5. The molecule has 36 heavy (non-hydrogen) atoms. The second-order valence-electron chi connectivity index (χ2n) is 8.22. The summed E-state index contributed by atoms with van der Waals surface area (Å²) >= 11 is 0. The van der Waals surface area contributed by atoms with Crippen molar-refractivity contribution in [3.63, 3.8) is 0 Å². The molecule has 0 radical (unpaired) electrons. The molecule has 0 aliphatic carbocycles. The van der Waals surface area contributed by atoms with Crippen molar-refractivity contribution in [2.45, 2.75) is 39.9 Å². The third-order valence-electron chi connectivity index (χ3n) is 5.04. The molecule has 0 spiro atoms. The second-order valence-corrected chi connectivity index (χ2v) is 8.22. The molecule has 3 aromatic rings. The molecule has 2 aromatic carbocycles. The number of aryl methyl sites for hydroxylation is 2. The highest BCUT2D eigenvalue weighted by Gasteiger charge is 2.23. The lowest BCUT2D eigenvalue weighted by Gasteiger charge is -2.15. The minimum atomic E-state index is -1.11. The van der Waals surface area contributed by atoms with Crippen LogP contribution in [0.4, 0.5) is 11.4 Å². The molecule has 186 valence electrons. The maximum absolute atomic E-state index is 12.5. The number of nitrogens with zero attached hydrogens (tertiary/aromatic N) is 1. The Morgan fingerprint density at radius 3 is 1.44 bits per heavy atom. The molecule has 0 bridgehead atoms. The van der Waals surface area contributed by atoms with Gasteiger partial charge in [-0.1, -0.05) is 30.3 Å². The van der Waals surface area contributed by atoms with Crippen LogP contribution in [0.25, 0.3) is 0 Å².